The van der Waals surface area contributed by atoms with Gasteiger partial charge in [0.1, 0.15) is 5.82 Å². The summed E-state index contributed by atoms with van der Waals surface area (Å²) in [6.45, 7) is 1.85. The number of benzene rings is 2. The smallest absolute Gasteiger partial charge is 0.274 e. The van der Waals surface area contributed by atoms with E-state index < -0.39 is 17.6 Å². The Hall–Kier alpha value is -4.07. The predicted molar refractivity (Wildman–Crippen MR) is 123 cm³/mol. The number of anilines is 1. The van der Waals surface area contributed by atoms with Crippen LogP contribution in [0.5, 0.6) is 0 Å². The molecule has 168 valence electrons. The first kappa shape index (κ1) is 22.1. The molecule has 2 aromatic carbocycles. The maximum absolute atomic E-state index is 13.8. The van der Waals surface area contributed by atoms with Crippen LogP contribution in [0.25, 0.3) is 11.1 Å². The van der Waals surface area contributed by atoms with Crippen LogP contribution in [0.15, 0.2) is 71.3 Å². The Kier molecular flexibility index (Phi) is 5.91. The van der Waals surface area contributed by atoms with Crippen molar-refractivity contribution in [2.45, 2.75) is 19.3 Å². The highest BCUT2D eigenvalue weighted by molar-refractivity contribution is 6.07. The SMILES string of the molecule is Cc1ccc(-c2ccnn(C)c2=O)cc1NC(=O)C1=CN(C)C(=O)CC1c1cccc(F)c1. The number of hydrogen-bond acceptors (Lipinski definition) is 4. The zero-order valence-electron chi connectivity index (χ0n) is 18.5. The molecule has 1 N–H and O–H groups in total. The average molecular weight is 446 g/mol. The van der Waals surface area contributed by atoms with Crippen molar-refractivity contribution in [3.8, 4) is 11.1 Å². The van der Waals surface area contributed by atoms with Crippen LogP contribution in [0.4, 0.5) is 10.1 Å². The van der Waals surface area contributed by atoms with Gasteiger partial charge < -0.3 is 10.2 Å². The molecule has 1 aromatic heterocycles. The average Bonchev–Trinajstić information content (AvgIpc) is 2.78. The second-order valence-corrected chi connectivity index (χ2v) is 8.06. The molecule has 0 spiro atoms. The van der Waals surface area contributed by atoms with Crippen molar-refractivity contribution >= 4 is 17.5 Å². The lowest BCUT2D eigenvalue weighted by atomic mass is 9.85. The van der Waals surface area contributed by atoms with E-state index in [1.54, 1.807) is 38.4 Å². The highest BCUT2D eigenvalue weighted by atomic mass is 19.1. The minimum Gasteiger partial charge on any atom is -0.322 e. The van der Waals surface area contributed by atoms with Crippen molar-refractivity contribution < 1.29 is 14.0 Å². The molecule has 0 aliphatic carbocycles. The van der Waals surface area contributed by atoms with E-state index in [-0.39, 0.29) is 17.9 Å². The number of carbonyl (C=O) groups excluding carboxylic acids is 2. The van der Waals surface area contributed by atoms with E-state index in [1.165, 1.54) is 34.1 Å². The van der Waals surface area contributed by atoms with Crippen molar-refractivity contribution in [2.24, 2.45) is 7.05 Å². The molecule has 1 aliphatic heterocycles. The van der Waals surface area contributed by atoms with Crippen molar-refractivity contribution in [3.05, 3.63) is 93.8 Å². The van der Waals surface area contributed by atoms with Crippen LogP contribution in [0.1, 0.15) is 23.5 Å². The van der Waals surface area contributed by atoms with Gasteiger partial charge in [-0.1, -0.05) is 24.3 Å². The molecular formula is C25H23FN4O3. The van der Waals surface area contributed by atoms with Crippen molar-refractivity contribution in [1.82, 2.24) is 14.7 Å². The Labute approximate surface area is 190 Å². The molecule has 2 heterocycles. The van der Waals surface area contributed by atoms with Gasteiger partial charge >= 0.3 is 0 Å². The summed E-state index contributed by atoms with van der Waals surface area (Å²) in [5.41, 5.74) is 3.11. The van der Waals surface area contributed by atoms with Crippen LogP contribution < -0.4 is 10.9 Å². The summed E-state index contributed by atoms with van der Waals surface area (Å²) in [5.74, 6) is -1.56. The van der Waals surface area contributed by atoms with Crippen LogP contribution in [0.2, 0.25) is 0 Å². The lowest BCUT2D eigenvalue weighted by Crippen LogP contribution is -2.33. The fraction of sp³-hybridized carbons (Fsp3) is 0.200. The molecule has 3 aromatic rings. The van der Waals surface area contributed by atoms with Gasteiger partial charge in [0.25, 0.3) is 11.5 Å². The molecule has 4 rings (SSSR count). The Morgan fingerprint density at radius 1 is 1.12 bits per heavy atom. The van der Waals surface area contributed by atoms with Gasteiger partial charge in [-0.15, -0.1) is 0 Å². The molecule has 2 amide bonds. The normalized spacial score (nSPS) is 15.9. The number of nitrogens with one attached hydrogen (secondary N) is 1. The fourth-order valence-electron chi connectivity index (χ4n) is 3.88. The van der Waals surface area contributed by atoms with Gasteiger partial charge in [0.15, 0.2) is 0 Å². The quantitative estimate of drug-likeness (QED) is 0.666. The zero-order chi connectivity index (χ0) is 23.7. The first-order chi connectivity index (χ1) is 15.7. The number of halogens is 1. The third-order valence-electron chi connectivity index (χ3n) is 5.80. The topological polar surface area (TPSA) is 84.3 Å². The van der Waals surface area contributed by atoms with E-state index >= 15 is 0 Å². The lowest BCUT2D eigenvalue weighted by Gasteiger charge is -2.28. The predicted octanol–water partition coefficient (Wildman–Crippen LogP) is 3.36. The summed E-state index contributed by atoms with van der Waals surface area (Å²) in [6, 6.07) is 12.9. The summed E-state index contributed by atoms with van der Waals surface area (Å²) in [5, 5.41) is 6.85. The van der Waals surface area contributed by atoms with Crippen LogP contribution in [-0.4, -0.2) is 33.5 Å². The number of hydrogen-bond donors (Lipinski definition) is 1. The number of carbonyl (C=O) groups is 2. The monoisotopic (exact) mass is 446 g/mol. The summed E-state index contributed by atoms with van der Waals surface area (Å²) in [6.07, 6.45) is 3.10. The van der Waals surface area contributed by atoms with Crippen LogP contribution in [0, 0.1) is 12.7 Å². The molecule has 33 heavy (non-hydrogen) atoms. The highest BCUT2D eigenvalue weighted by Gasteiger charge is 2.31. The van der Waals surface area contributed by atoms with Gasteiger partial charge in [0, 0.05) is 50.1 Å². The Morgan fingerprint density at radius 3 is 2.67 bits per heavy atom. The maximum atomic E-state index is 13.8. The van der Waals surface area contributed by atoms with Gasteiger partial charge in [-0.05, 0) is 47.9 Å². The van der Waals surface area contributed by atoms with Gasteiger partial charge in [-0.3, -0.25) is 14.4 Å². The molecule has 0 bridgehead atoms. The molecule has 8 heteroatoms. The molecule has 7 nitrogen and oxygen atoms in total. The number of aromatic nitrogens is 2. The van der Waals surface area contributed by atoms with E-state index in [0.29, 0.717) is 28.0 Å². The molecular weight excluding hydrogens is 423 g/mol. The maximum Gasteiger partial charge on any atom is 0.274 e. The van der Waals surface area contributed by atoms with Gasteiger partial charge in [0.2, 0.25) is 5.91 Å². The van der Waals surface area contributed by atoms with E-state index in [2.05, 4.69) is 10.4 Å². The molecule has 1 unspecified atom stereocenters. The van der Waals surface area contributed by atoms with Crippen LogP contribution in [-0.2, 0) is 16.6 Å². The molecule has 0 radical (unpaired) electrons. The Balaban J connectivity index is 1.69. The minimum absolute atomic E-state index is 0.0608. The van der Waals surface area contributed by atoms with Gasteiger partial charge in [0.05, 0.1) is 5.56 Å². The van der Waals surface area contributed by atoms with E-state index in [4.69, 9.17) is 0 Å². The Morgan fingerprint density at radius 2 is 1.91 bits per heavy atom. The summed E-state index contributed by atoms with van der Waals surface area (Å²) in [7, 11) is 3.16. The van der Waals surface area contributed by atoms with Crippen LogP contribution >= 0.6 is 0 Å². The molecule has 1 atom stereocenters. The number of amides is 2. The first-order valence-corrected chi connectivity index (χ1v) is 10.4. The van der Waals surface area contributed by atoms with Gasteiger partial charge in [-0.2, -0.15) is 5.10 Å². The van der Waals surface area contributed by atoms with Crippen molar-refractivity contribution in [3.63, 3.8) is 0 Å². The second-order valence-electron chi connectivity index (χ2n) is 8.06. The molecule has 0 saturated heterocycles. The van der Waals surface area contributed by atoms with E-state index in [0.717, 1.165) is 5.56 Å². The minimum atomic E-state index is -0.569. The summed E-state index contributed by atoms with van der Waals surface area (Å²) in [4.78, 5) is 39.5. The fourth-order valence-corrected chi connectivity index (χ4v) is 3.88. The number of aryl methyl sites for hydroxylation is 2. The first-order valence-electron chi connectivity index (χ1n) is 10.4. The van der Waals surface area contributed by atoms with Crippen molar-refractivity contribution in [1.29, 1.82) is 0 Å². The van der Waals surface area contributed by atoms with Crippen LogP contribution in [0.3, 0.4) is 0 Å². The standard InChI is InChI=1S/C25H23FN4O3/c1-15-7-8-17(19-9-10-27-30(3)25(19)33)12-22(15)28-24(32)21-14-29(2)23(31)13-20(21)16-5-4-6-18(26)11-16/h4-12,14,20H,13H2,1-3H3,(H,28,32). The van der Waals surface area contributed by atoms with E-state index in [9.17, 15) is 18.8 Å². The largest absolute Gasteiger partial charge is 0.322 e. The molecule has 0 saturated carbocycles. The molecule has 0 fully saturated rings. The summed E-state index contributed by atoms with van der Waals surface area (Å²) < 4.78 is 15.1. The summed E-state index contributed by atoms with van der Waals surface area (Å²) >= 11 is 0. The van der Waals surface area contributed by atoms with Crippen molar-refractivity contribution in [2.75, 3.05) is 12.4 Å². The molecule has 1 aliphatic rings. The van der Waals surface area contributed by atoms with E-state index in [1.807, 2.05) is 19.1 Å². The highest BCUT2D eigenvalue weighted by Crippen LogP contribution is 2.34. The number of nitrogens with zero attached hydrogens (tertiary/aromatic N) is 3. The zero-order valence-corrected chi connectivity index (χ0v) is 18.5. The second kappa shape index (κ2) is 8.82. The number of rotatable bonds is 4. The van der Waals surface area contributed by atoms with Gasteiger partial charge in [-0.25, -0.2) is 9.07 Å². The third-order valence-corrected chi connectivity index (χ3v) is 5.80. The Bertz CT molecular complexity index is 1350. The third kappa shape index (κ3) is 4.45. The lowest BCUT2D eigenvalue weighted by molar-refractivity contribution is -0.128.